The molecule has 5 aromatic rings. The number of phenols is 1. The highest BCUT2D eigenvalue weighted by Gasteiger charge is 2.31. The summed E-state index contributed by atoms with van der Waals surface area (Å²) >= 11 is 0. The molecule has 0 bridgehead atoms. The first-order valence-corrected chi connectivity index (χ1v) is 15.0. The van der Waals surface area contributed by atoms with Crippen molar-refractivity contribution in [3.63, 3.8) is 0 Å². The number of aryl methyl sites for hydroxylation is 2. The van der Waals surface area contributed by atoms with Crippen molar-refractivity contribution in [2.75, 3.05) is 22.9 Å². The molecule has 0 saturated heterocycles. The molecule has 0 unspecified atom stereocenters. The molecule has 0 spiro atoms. The van der Waals surface area contributed by atoms with Crippen molar-refractivity contribution in [1.29, 1.82) is 0 Å². The van der Waals surface area contributed by atoms with Crippen LogP contribution in [0.4, 0.5) is 22.7 Å². The lowest BCUT2D eigenvalue weighted by atomic mass is 9.71. The number of nitrogens with two attached hydrogens (primary N) is 4. The van der Waals surface area contributed by atoms with Crippen molar-refractivity contribution in [2.24, 2.45) is 0 Å². The van der Waals surface area contributed by atoms with Crippen molar-refractivity contribution in [2.45, 2.75) is 76.2 Å². The Hall–Kier alpha value is -4.25. The zero-order valence-corrected chi connectivity index (χ0v) is 27.9. The molecule has 7 heteroatoms. The Morgan fingerprint density at radius 1 is 0.341 bits per heavy atom. The number of anilines is 4. The van der Waals surface area contributed by atoms with E-state index in [9.17, 15) is 5.11 Å². The molecule has 0 saturated carbocycles. The minimum absolute atomic E-state index is 0.0451. The van der Waals surface area contributed by atoms with Crippen molar-refractivity contribution in [3.05, 3.63) is 61.2 Å². The highest BCUT2D eigenvalue weighted by molar-refractivity contribution is 6.42. The van der Waals surface area contributed by atoms with Crippen molar-refractivity contribution in [1.82, 2.24) is 0 Å². The van der Waals surface area contributed by atoms with Gasteiger partial charge in [-0.15, -0.1) is 0 Å². The average molecular weight is 580 g/mol. The molecule has 0 aromatic heterocycles. The third-order valence-corrected chi connectivity index (χ3v) is 10.9. The number of aromatic hydroxyl groups is 1. The summed E-state index contributed by atoms with van der Waals surface area (Å²) in [6.07, 6.45) is 0. The van der Waals surface area contributed by atoms with Crippen LogP contribution in [0.2, 0.25) is 0 Å². The van der Waals surface area contributed by atoms with Crippen LogP contribution in [-0.2, 0) is 0 Å². The van der Waals surface area contributed by atoms with Crippen molar-refractivity contribution in [3.8, 4) is 28.0 Å². The van der Waals surface area contributed by atoms with Crippen molar-refractivity contribution >= 4 is 70.9 Å². The largest absolute Gasteiger partial charge is 0.507 e. The zero-order valence-electron chi connectivity index (χ0n) is 27.9. The van der Waals surface area contributed by atoms with Gasteiger partial charge in [0.2, 0.25) is 0 Å². The third-order valence-electron chi connectivity index (χ3n) is 10.9. The van der Waals surface area contributed by atoms with Gasteiger partial charge >= 0.3 is 0 Å². The van der Waals surface area contributed by atoms with Gasteiger partial charge in [0.1, 0.15) is 21.4 Å². The number of nitrogen functional groups attached to an aromatic ring is 4. The summed E-state index contributed by atoms with van der Waals surface area (Å²) in [6.45, 7) is 22.3. The predicted molar refractivity (Wildman–Crippen MR) is 195 cm³/mol. The molecule has 5 rings (SSSR count). The van der Waals surface area contributed by atoms with Crippen LogP contribution in [0.5, 0.6) is 5.75 Å². The van der Waals surface area contributed by atoms with Gasteiger partial charge in [0.25, 0.3) is 0 Å². The number of hydrogen-bond donors (Lipinski definition) is 5. The molecule has 0 aliphatic heterocycles. The average Bonchev–Trinajstić information content (AvgIpc) is 3.00. The van der Waals surface area contributed by atoms with Crippen LogP contribution >= 0.6 is 0 Å². The van der Waals surface area contributed by atoms with Gasteiger partial charge in [0.05, 0.1) is 22.7 Å². The van der Waals surface area contributed by atoms with E-state index in [2.05, 4.69) is 41.5 Å². The fourth-order valence-electron chi connectivity index (χ4n) is 7.16. The summed E-state index contributed by atoms with van der Waals surface area (Å²) in [5, 5.41) is 15.0. The van der Waals surface area contributed by atoms with E-state index in [1.807, 2.05) is 27.7 Å². The van der Waals surface area contributed by atoms with E-state index in [0.717, 1.165) is 88.7 Å². The second-order valence-corrected chi connectivity index (χ2v) is 12.7. The molecule has 9 N–H and O–H groups in total. The maximum atomic E-state index is 12.1. The van der Waals surface area contributed by atoms with Gasteiger partial charge in [-0.2, -0.15) is 0 Å². The second kappa shape index (κ2) is 10.2. The molecule has 4 radical (unpaired) electrons. The Morgan fingerprint density at radius 2 is 0.659 bits per heavy atom. The van der Waals surface area contributed by atoms with Crippen LogP contribution in [0.15, 0.2) is 0 Å². The smallest absolute Gasteiger partial charge is 0.129 e. The van der Waals surface area contributed by atoms with Gasteiger partial charge < -0.3 is 28.0 Å². The Balaban J connectivity index is 2.35. The van der Waals surface area contributed by atoms with E-state index >= 15 is 0 Å². The summed E-state index contributed by atoms with van der Waals surface area (Å²) in [5.41, 5.74) is 43.9. The number of fused-ring (bicyclic) bond motifs is 2. The Bertz CT molecular complexity index is 1850. The van der Waals surface area contributed by atoms with E-state index in [4.69, 9.17) is 38.6 Å². The van der Waals surface area contributed by atoms with Crippen molar-refractivity contribution < 1.29 is 5.11 Å². The number of rotatable bonds is 2. The minimum Gasteiger partial charge on any atom is -0.507 e. The zero-order chi connectivity index (χ0) is 33.0. The summed E-state index contributed by atoms with van der Waals surface area (Å²) < 4.78 is 0. The Kier molecular flexibility index (Phi) is 7.20. The maximum Gasteiger partial charge on any atom is 0.129 e. The van der Waals surface area contributed by atoms with Crippen LogP contribution in [-0.4, -0.2) is 20.8 Å². The van der Waals surface area contributed by atoms with Crippen LogP contribution in [0.1, 0.15) is 61.2 Å². The van der Waals surface area contributed by atoms with Gasteiger partial charge in [-0.25, -0.2) is 0 Å². The first-order valence-electron chi connectivity index (χ1n) is 15.0. The van der Waals surface area contributed by atoms with E-state index in [1.54, 1.807) is 6.92 Å². The summed E-state index contributed by atoms with van der Waals surface area (Å²) in [5.74, 6) is 0.0451. The first kappa shape index (κ1) is 31.2. The van der Waals surface area contributed by atoms with Gasteiger partial charge in [0.15, 0.2) is 0 Å². The standard InChI is InChI=1S/C37H42B2N4O/c1-12-14(3)18(7)31(38)25(16(12)5)27-23-20(9)33(40)34(41)21(10)24(23)28(26-17(6)13(2)15(4)19(8)32(26)39)30-29(27)36(43)35(42)22(11)37(30)44/h44H,40-43H2,1-11H3. The van der Waals surface area contributed by atoms with Crippen LogP contribution in [0.25, 0.3) is 43.8 Å². The molecule has 0 fully saturated rings. The number of hydrogen-bond acceptors (Lipinski definition) is 5. The molecule has 0 aliphatic carbocycles. The lowest BCUT2D eigenvalue weighted by Crippen LogP contribution is -2.19. The SMILES string of the molecule is [B]c1c(C)c(C)c(C)c(C)c1-c1c2c(C)c(N)c(N)c(C)c2c(-c2c([B])c(C)c(C)c(C)c2C)c2c(O)c(C)c(N)c(N)c12. The lowest BCUT2D eigenvalue weighted by Gasteiger charge is -2.30. The van der Waals surface area contributed by atoms with E-state index in [-0.39, 0.29) is 5.75 Å². The van der Waals surface area contributed by atoms with E-state index < -0.39 is 0 Å². The van der Waals surface area contributed by atoms with Crippen LogP contribution in [0, 0.1) is 76.2 Å². The Labute approximate surface area is 263 Å². The molecular weight excluding hydrogens is 538 g/mol. The molecule has 0 atom stereocenters. The quantitative estimate of drug-likeness (QED) is 0.0722. The first-order chi connectivity index (χ1) is 20.4. The highest BCUT2D eigenvalue weighted by atomic mass is 16.3. The fraction of sp³-hybridized carbons (Fsp3) is 0.297. The van der Waals surface area contributed by atoms with E-state index in [0.29, 0.717) is 50.0 Å². The molecule has 5 nitrogen and oxygen atoms in total. The van der Waals surface area contributed by atoms with Gasteiger partial charge in [-0.1, -0.05) is 22.1 Å². The van der Waals surface area contributed by atoms with Gasteiger partial charge in [-0.05, 0) is 148 Å². The molecule has 5 aromatic carbocycles. The second-order valence-electron chi connectivity index (χ2n) is 12.7. The van der Waals surface area contributed by atoms with Crippen LogP contribution < -0.4 is 33.9 Å². The third kappa shape index (κ3) is 3.81. The van der Waals surface area contributed by atoms with Gasteiger partial charge in [-0.3, -0.25) is 0 Å². The maximum absolute atomic E-state index is 12.1. The molecular formula is C37H42B2N4O. The number of phenolic OH excluding ortho intramolecular Hbond substituents is 1. The molecule has 0 aliphatic rings. The number of benzene rings is 5. The summed E-state index contributed by atoms with van der Waals surface area (Å²) in [4.78, 5) is 0. The monoisotopic (exact) mass is 580 g/mol. The highest BCUT2D eigenvalue weighted by Crippen LogP contribution is 2.55. The van der Waals surface area contributed by atoms with E-state index in [1.165, 1.54) is 0 Å². The summed E-state index contributed by atoms with van der Waals surface area (Å²) in [6, 6.07) is 0. The predicted octanol–water partition coefficient (Wildman–Crippen LogP) is 6.34. The summed E-state index contributed by atoms with van der Waals surface area (Å²) in [7, 11) is 14.0. The topological polar surface area (TPSA) is 124 Å². The van der Waals surface area contributed by atoms with Crippen LogP contribution in [0.3, 0.4) is 0 Å². The molecule has 0 heterocycles. The molecule has 0 amide bonds. The Morgan fingerprint density at radius 3 is 1.05 bits per heavy atom. The fourth-order valence-corrected chi connectivity index (χ4v) is 7.16. The molecule has 222 valence electrons. The normalized spacial score (nSPS) is 11.7. The minimum atomic E-state index is 0.0451. The lowest BCUT2D eigenvalue weighted by molar-refractivity contribution is 0.478. The van der Waals surface area contributed by atoms with Gasteiger partial charge in [0, 0.05) is 21.9 Å². The molecule has 44 heavy (non-hydrogen) atoms.